The van der Waals surface area contributed by atoms with Gasteiger partial charge in [-0.25, -0.2) is 4.79 Å². The molecule has 58 heavy (non-hydrogen) atoms. The van der Waals surface area contributed by atoms with Gasteiger partial charge in [0.2, 0.25) is 5.91 Å². The molecule has 1 amide bonds. The summed E-state index contributed by atoms with van der Waals surface area (Å²) in [6, 6.07) is -0.926. The van der Waals surface area contributed by atoms with Gasteiger partial charge in [-0.3, -0.25) is 9.59 Å². The molecule has 2 unspecified atom stereocenters. The zero-order valence-electron chi connectivity index (χ0n) is 36.1. The van der Waals surface area contributed by atoms with Crippen LogP contribution in [0.25, 0.3) is 0 Å². The van der Waals surface area contributed by atoms with Crippen LogP contribution in [0.2, 0.25) is 0 Å². The maximum absolute atomic E-state index is 12.8. The van der Waals surface area contributed by atoms with E-state index in [0.717, 1.165) is 89.9 Å². The summed E-state index contributed by atoms with van der Waals surface area (Å²) in [5.74, 6) is -1.56. The highest BCUT2D eigenvalue weighted by atomic mass is 16.5. The Kier molecular flexibility index (Phi) is 40.3. The van der Waals surface area contributed by atoms with Crippen molar-refractivity contribution in [1.29, 1.82) is 0 Å². The first-order valence-corrected chi connectivity index (χ1v) is 22.0. The van der Waals surface area contributed by atoms with Crippen molar-refractivity contribution in [3.05, 3.63) is 134 Å². The fourth-order valence-corrected chi connectivity index (χ4v) is 5.46. The number of carbonyl (C=O) groups is 3. The monoisotopic (exact) mass is 799 g/mol. The minimum absolute atomic E-state index is 0.213. The zero-order chi connectivity index (χ0) is 42.4. The first-order valence-electron chi connectivity index (χ1n) is 22.0. The highest BCUT2D eigenvalue weighted by Gasteiger charge is 2.19. The number of nitrogens with two attached hydrogens (primary N) is 1. The Labute approximate surface area is 353 Å². The van der Waals surface area contributed by atoms with Gasteiger partial charge in [0.15, 0.2) is 0 Å². The predicted molar refractivity (Wildman–Crippen MR) is 247 cm³/mol. The molecule has 322 valence electrons. The summed E-state index contributed by atoms with van der Waals surface area (Å²) in [6.45, 7) is 4.66. The molecule has 0 saturated heterocycles. The quantitative estimate of drug-likeness (QED) is 0.0327. The van der Waals surface area contributed by atoms with E-state index in [2.05, 4.69) is 141 Å². The number of amides is 1. The number of ether oxygens (including phenoxy) is 1. The molecule has 0 spiro atoms. The van der Waals surface area contributed by atoms with Gasteiger partial charge in [-0.05, 0) is 135 Å². The van der Waals surface area contributed by atoms with Crippen LogP contribution in [0.3, 0.4) is 0 Å². The SMILES string of the molecule is CC/C=C\C/C=C\C/C=C\C/C=C\C/C=C\C/C=C\CCCCC(=O)OC(/C=C\C/C=C\C/C=C\C/C=C\C/C=C\CC)CCCCC(=O)NC(CCCN)C(=O)O. The van der Waals surface area contributed by atoms with Gasteiger partial charge >= 0.3 is 11.9 Å². The number of carbonyl (C=O) groups excluding carboxylic acids is 2. The molecule has 0 fully saturated rings. The third-order valence-corrected chi connectivity index (χ3v) is 8.70. The fraction of sp³-hybridized carbons (Fsp3) is 0.510. The molecule has 0 aromatic rings. The molecule has 7 heteroatoms. The van der Waals surface area contributed by atoms with E-state index in [1.165, 1.54) is 0 Å². The number of hydrogen-bond donors (Lipinski definition) is 3. The van der Waals surface area contributed by atoms with E-state index in [1.807, 2.05) is 12.2 Å². The summed E-state index contributed by atoms with van der Waals surface area (Å²) in [6.07, 6.45) is 63.6. The summed E-state index contributed by atoms with van der Waals surface area (Å²) in [5.41, 5.74) is 5.50. The number of unbranched alkanes of at least 4 members (excludes halogenated alkanes) is 3. The molecule has 0 aliphatic carbocycles. The molecule has 0 aromatic heterocycles. The molecule has 0 aliphatic rings. The summed E-state index contributed by atoms with van der Waals surface area (Å²) in [5, 5.41) is 12.0. The first-order chi connectivity index (χ1) is 28.4. The Morgan fingerprint density at radius 1 is 0.517 bits per heavy atom. The Hall–Kier alpha value is -4.49. The average Bonchev–Trinajstić information content (AvgIpc) is 3.21. The molecule has 0 saturated carbocycles. The van der Waals surface area contributed by atoms with Crippen molar-refractivity contribution >= 4 is 17.8 Å². The third-order valence-electron chi connectivity index (χ3n) is 8.70. The van der Waals surface area contributed by atoms with Gasteiger partial charge in [0.05, 0.1) is 0 Å². The Bertz CT molecular complexity index is 1360. The van der Waals surface area contributed by atoms with Crippen molar-refractivity contribution < 1.29 is 24.2 Å². The number of esters is 1. The largest absolute Gasteiger partial charge is 0.480 e. The molecule has 0 aliphatic heterocycles. The topological polar surface area (TPSA) is 119 Å². The second-order valence-corrected chi connectivity index (χ2v) is 14.0. The minimum Gasteiger partial charge on any atom is -0.480 e. The second kappa shape index (κ2) is 43.6. The Morgan fingerprint density at radius 2 is 0.931 bits per heavy atom. The van der Waals surface area contributed by atoms with Crippen molar-refractivity contribution in [2.24, 2.45) is 5.73 Å². The molecule has 0 aromatic carbocycles. The highest BCUT2D eigenvalue weighted by molar-refractivity contribution is 5.83. The molecule has 2 atom stereocenters. The lowest BCUT2D eigenvalue weighted by Crippen LogP contribution is -2.40. The maximum Gasteiger partial charge on any atom is 0.326 e. The van der Waals surface area contributed by atoms with Gasteiger partial charge in [-0.15, -0.1) is 0 Å². The standard InChI is InChI=1S/C51H78N2O5/c1-3-5-7-9-11-13-15-17-19-20-21-22-23-24-25-27-29-31-33-35-37-45-50(55)58-47(42-38-39-44-49(54)53-48(51(56)57)43-40-46-52)41-36-34-32-30-28-26-18-16-14-12-10-8-6-4-2/h5-8,11-14,17-19,21-22,24-26,29-32,36,41,47-48H,3-4,9-10,15-16,20,23,27-28,33-35,37-40,42-46,52H2,1-2H3,(H,53,54)(H,56,57)/b7-5-,8-6-,13-11-,14-12-,19-17-,22-21-,25-24-,26-18-,31-29-,32-30-,41-36-. The number of aliphatic carboxylic acids is 1. The molecule has 7 nitrogen and oxygen atoms in total. The molecule has 0 bridgehead atoms. The van der Waals surface area contributed by atoms with Gasteiger partial charge in [-0.2, -0.15) is 0 Å². The lowest BCUT2D eigenvalue weighted by molar-refractivity contribution is -0.147. The number of hydrogen-bond acceptors (Lipinski definition) is 5. The van der Waals surface area contributed by atoms with Gasteiger partial charge in [0, 0.05) is 12.8 Å². The van der Waals surface area contributed by atoms with Gasteiger partial charge in [0.25, 0.3) is 0 Å². The average molecular weight is 799 g/mol. The van der Waals surface area contributed by atoms with Gasteiger partial charge < -0.3 is 20.9 Å². The zero-order valence-corrected chi connectivity index (χ0v) is 36.1. The van der Waals surface area contributed by atoms with Crippen LogP contribution in [-0.4, -0.2) is 41.6 Å². The van der Waals surface area contributed by atoms with Crippen LogP contribution in [0, 0.1) is 0 Å². The first kappa shape index (κ1) is 53.5. The molecular formula is C51H78N2O5. The van der Waals surface area contributed by atoms with E-state index in [0.29, 0.717) is 45.1 Å². The molecule has 0 rings (SSSR count). The van der Waals surface area contributed by atoms with Crippen molar-refractivity contribution in [3.63, 3.8) is 0 Å². The molecule has 4 N–H and O–H groups in total. The highest BCUT2D eigenvalue weighted by Crippen LogP contribution is 2.13. The number of rotatable bonds is 37. The van der Waals surface area contributed by atoms with Gasteiger partial charge in [0.1, 0.15) is 12.1 Å². The number of carboxylic acid groups (broad SMARTS) is 1. The Morgan fingerprint density at radius 3 is 1.36 bits per heavy atom. The second-order valence-electron chi connectivity index (χ2n) is 14.0. The summed E-state index contributed by atoms with van der Waals surface area (Å²) >= 11 is 0. The molecule has 0 heterocycles. The van der Waals surface area contributed by atoms with E-state index in [1.54, 1.807) is 0 Å². The van der Waals surface area contributed by atoms with Crippen LogP contribution in [0.4, 0.5) is 0 Å². The smallest absolute Gasteiger partial charge is 0.326 e. The number of nitrogens with one attached hydrogen (secondary N) is 1. The summed E-state index contributed by atoms with van der Waals surface area (Å²) < 4.78 is 5.85. The third kappa shape index (κ3) is 39.7. The van der Waals surface area contributed by atoms with Crippen molar-refractivity contribution in [3.8, 4) is 0 Å². The normalized spacial score (nSPS) is 14.0. The number of carboxylic acids is 1. The lowest BCUT2D eigenvalue weighted by atomic mass is 10.1. The van der Waals surface area contributed by atoms with E-state index in [4.69, 9.17) is 10.5 Å². The summed E-state index contributed by atoms with van der Waals surface area (Å²) in [4.78, 5) is 36.6. The molecule has 0 radical (unpaired) electrons. The lowest BCUT2D eigenvalue weighted by Gasteiger charge is -2.16. The van der Waals surface area contributed by atoms with E-state index >= 15 is 0 Å². The van der Waals surface area contributed by atoms with E-state index < -0.39 is 12.0 Å². The predicted octanol–water partition coefficient (Wildman–Crippen LogP) is 12.8. The van der Waals surface area contributed by atoms with Gasteiger partial charge in [-0.1, -0.05) is 141 Å². The van der Waals surface area contributed by atoms with Crippen LogP contribution >= 0.6 is 0 Å². The van der Waals surface area contributed by atoms with Crippen molar-refractivity contribution in [2.75, 3.05) is 6.54 Å². The van der Waals surface area contributed by atoms with Crippen LogP contribution in [0.5, 0.6) is 0 Å². The maximum atomic E-state index is 12.8. The van der Waals surface area contributed by atoms with Crippen molar-refractivity contribution in [1.82, 2.24) is 5.32 Å². The van der Waals surface area contributed by atoms with E-state index in [9.17, 15) is 19.5 Å². The van der Waals surface area contributed by atoms with Crippen LogP contribution < -0.4 is 11.1 Å². The number of allylic oxidation sites excluding steroid dienone is 21. The Balaban J connectivity index is 4.61. The van der Waals surface area contributed by atoms with Crippen molar-refractivity contribution in [2.45, 2.75) is 161 Å². The van der Waals surface area contributed by atoms with E-state index in [-0.39, 0.29) is 24.4 Å². The molecular weight excluding hydrogens is 721 g/mol. The van der Waals surface area contributed by atoms with Crippen LogP contribution in [0.1, 0.15) is 149 Å². The van der Waals surface area contributed by atoms with Crippen LogP contribution in [-0.2, 0) is 19.1 Å². The minimum atomic E-state index is -1.05. The van der Waals surface area contributed by atoms with Crippen LogP contribution in [0.15, 0.2) is 134 Å². The summed E-state index contributed by atoms with van der Waals surface area (Å²) in [7, 11) is 0. The fourth-order valence-electron chi connectivity index (χ4n) is 5.46.